The first-order valence-corrected chi connectivity index (χ1v) is 16.5. The van der Waals surface area contributed by atoms with Gasteiger partial charge in [-0.1, -0.05) is 6.58 Å². The van der Waals surface area contributed by atoms with Crippen LogP contribution in [-0.2, 0) is 29.5 Å². The van der Waals surface area contributed by atoms with Crippen LogP contribution in [0.25, 0.3) is 32.6 Å². The molecule has 14 heteroatoms. The Morgan fingerprint density at radius 3 is 2.73 bits per heavy atom. The molecule has 2 aliphatic rings. The highest BCUT2D eigenvalue weighted by Crippen LogP contribution is 2.49. The van der Waals surface area contributed by atoms with Crippen LogP contribution in [0.2, 0.25) is 0 Å². The number of ether oxygens (including phenoxy) is 2. The van der Waals surface area contributed by atoms with Crippen molar-refractivity contribution in [2.24, 2.45) is 7.05 Å². The second-order valence-corrected chi connectivity index (χ2v) is 13.0. The van der Waals surface area contributed by atoms with E-state index in [4.69, 9.17) is 19.6 Å². The molecule has 4 aromatic heterocycles. The van der Waals surface area contributed by atoms with Crippen molar-refractivity contribution in [2.45, 2.75) is 38.9 Å². The van der Waals surface area contributed by atoms with Gasteiger partial charge in [-0.05, 0) is 26.0 Å². The topological polar surface area (TPSA) is 90.5 Å². The highest BCUT2D eigenvalue weighted by Gasteiger charge is 2.35. The van der Waals surface area contributed by atoms with Gasteiger partial charge in [0.15, 0.2) is 0 Å². The van der Waals surface area contributed by atoms with E-state index in [1.165, 1.54) is 18.6 Å². The van der Waals surface area contributed by atoms with Gasteiger partial charge in [0, 0.05) is 62.4 Å². The van der Waals surface area contributed by atoms with E-state index in [9.17, 15) is 9.18 Å². The number of thiophene rings is 1. The molecule has 7 rings (SSSR count). The van der Waals surface area contributed by atoms with Crippen molar-refractivity contribution in [2.75, 3.05) is 38.3 Å². The van der Waals surface area contributed by atoms with E-state index < -0.39 is 17.5 Å². The number of nitrogens with zero attached hydrogens (tertiary/aromatic N) is 7. The van der Waals surface area contributed by atoms with E-state index in [1.54, 1.807) is 11.2 Å². The molecule has 6 heterocycles. The molecule has 0 saturated heterocycles. The van der Waals surface area contributed by atoms with Gasteiger partial charge in [-0.15, -0.1) is 11.3 Å². The fraction of sp³-hybridized carbons (Fsp3) is 0.353. The Morgan fingerprint density at radius 1 is 1.15 bits per heavy atom. The molecule has 0 fully saturated rings. The minimum absolute atomic E-state index is 0.0241. The molecule has 0 saturated carbocycles. The van der Waals surface area contributed by atoms with Gasteiger partial charge in [-0.2, -0.15) is 5.10 Å². The fourth-order valence-corrected chi connectivity index (χ4v) is 7.71. The number of rotatable bonds is 8. The maximum Gasteiger partial charge on any atom is 0.246 e. The van der Waals surface area contributed by atoms with Crippen molar-refractivity contribution in [3.05, 3.63) is 77.1 Å². The smallest absolute Gasteiger partial charge is 0.246 e. The van der Waals surface area contributed by atoms with Crippen molar-refractivity contribution in [1.29, 1.82) is 0 Å². The number of imidazole rings is 1. The second-order valence-electron chi connectivity index (χ2n) is 12.1. The van der Waals surface area contributed by atoms with Crippen LogP contribution < -0.4 is 9.64 Å². The molecule has 0 radical (unpaired) electrons. The molecule has 0 aliphatic carbocycles. The van der Waals surface area contributed by atoms with Crippen LogP contribution in [0.4, 0.5) is 19.0 Å². The predicted molar refractivity (Wildman–Crippen MR) is 177 cm³/mol. The van der Waals surface area contributed by atoms with Crippen LogP contribution >= 0.6 is 11.3 Å². The number of benzene rings is 1. The standard InChI is InChI=1S/C34H34F3N7O3S/c1-6-28(45)43-14-18(2)44-26(19(43)3)13-23(40-44)32-31(29-21(36)11-20(35)12-27(29)47-10-9-46-5)33-30(22(37)16-48-33)34(39-32)42-8-7-25-24(15-42)38-17-41(25)4/h6,11-13,16-19H,1,7-10,14-15H2,2-5H3/t18-,19+/m0/s1. The van der Waals surface area contributed by atoms with Crippen molar-refractivity contribution in [1.82, 2.24) is 29.2 Å². The highest BCUT2D eigenvalue weighted by atomic mass is 32.1. The summed E-state index contributed by atoms with van der Waals surface area (Å²) < 4.78 is 61.9. The molecule has 0 spiro atoms. The summed E-state index contributed by atoms with van der Waals surface area (Å²) >= 11 is 1.10. The van der Waals surface area contributed by atoms with Crippen LogP contribution in [0.3, 0.4) is 0 Å². The third-order valence-electron chi connectivity index (χ3n) is 9.11. The Balaban J connectivity index is 1.49. The number of halogens is 3. The van der Waals surface area contributed by atoms with Gasteiger partial charge in [0.05, 0.1) is 58.6 Å². The summed E-state index contributed by atoms with van der Waals surface area (Å²) in [4.78, 5) is 26.1. The lowest BCUT2D eigenvalue weighted by atomic mass is 9.97. The normalized spacial score (nSPS) is 17.5. The molecule has 2 aliphatic heterocycles. The lowest BCUT2D eigenvalue weighted by Gasteiger charge is -2.36. The molecule has 250 valence electrons. The first-order chi connectivity index (χ1) is 23.1. The largest absolute Gasteiger partial charge is 0.490 e. The summed E-state index contributed by atoms with van der Waals surface area (Å²) in [7, 11) is 3.44. The van der Waals surface area contributed by atoms with Crippen LogP contribution in [0, 0.1) is 17.5 Å². The summed E-state index contributed by atoms with van der Waals surface area (Å²) in [5.41, 5.74) is 3.55. The van der Waals surface area contributed by atoms with Gasteiger partial charge < -0.3 is 23.8 Å². The number of methoxy groups -OCH3 is 1. The quantitative estimate of drug-likeness (QED) is 0.142. The average Bonchev–Trinajstić information content (AvgIpc) is 3.79. The minimum Gasteiger partial charge on any atom is -0.490 e. The monoisotopic (exact) mass is 677 g/mol. The molecule has 0 N–H and O–H groups in total. The zero-order valence-corrected chi connectivity index (χ0v) is 27.8. The average molecular weight is 678 g/mol. The number of fused-ring (bicyclic) bond motifs is 3. The Labute approximate surface area is 279 Å². The summed E-state index contributed by atoms with van der Waals surface area (Å²) in [6.07, 6.45) is 3.72. The number of aryl methyl sites for hydroxylation is 1. The third kappa shape index (κ3) is 5.23. The van der Waals surface area contributed by atoms with E-state index in [0.717, 1.165) is 40.6 Å². The molecule has 10 nitrogen and oxygen atoms in total. The number of anilines is 1. The number of carbonyl (C=O) groups excluding carboxylic acids is 1. The number of hydrogen-bond acceptors (Lipinski definition) is 8. The first kappa shape index (κ1) is 31.9. The summed E-state index contributed by atoms with van der Waals surface area (Å²) in [6, 6.07) is 3.17. The van der Waals surface area contributed by atoms with E-state index >= 15 is 8.78 Å². The van der Waals surface area contributed by atoms with E-state index in [2.05, 4.69) is 11.6 Å². The minimum atomic E-state index is -0.891. The Hall–Kier alpha value is -4.69. The third-order valence-corrected chi connectivity index (χ3v) is 10.1. The lowest BCUT2D eigenvalue weighted by Crippen LogP contribution is -2.42. The number of pyridine rings is 1. The first-order valence-electron chi connectivity index (χ1n) is 15.6. The number of hydrogen-bond donors (Lipinski definition) is 0. The Morgan fingerprint density at radius 2 is 1.96 bits per heavy atom. The van der Waals surface area contributed by atoms with Crippen LogP contribution in [-0.4, -0.2) is 68.5 Å². The summed E-state index contributed by atoms with van der Waals surface area (Å²) in [6.45, 7) is 9.07. The van der Waals surface area contributed by atoms with Gasteiger partial charge in [0.2, 0.25) is 5.91 Å². The van der Waals surface area contributed by atoms with E-state index in [-0.39, 0.29) is 59.2 Å². The molecule has 1 amide bonds. The van der Waals surface area contributed by atoms with Crippen molar-refractivity contribution in [3.63, 3.8) is 0 Å². The molecule has 1 aromatic carbocycles. The number of aromatic nitrogens is 5. The maximum absolute atomic E-state index is 16.1. The Bertz CT molecular complexity index is 2070. The SMILES string of the molecule is C=CC(=O)N1C[C@H](C)n2nc(-c3nc(N4CCc5c(ncn5C)C4)c4c(F)csc4c3-c3c(F)cc(F)cc3OCCOC)cc2[C@H]1C. The predicted octanol–water partition coefficient (Wildman–Crippen LogP) is 6.22. The summed E-state index contributed by atoms with van der Waals surface area (Å²) in [5, 5.41) is 6.55. The zero-order valence-electron chi connectivity index (χ0n) is 27.0. The lowest BCUT2D eigenvalue weighted by molar-refractivity contribution is -0.129. The molecule has 0 bridgehead atoms. The van der Waals surface area contributed by atoms with Gasteiger partial charge in [0.25, 0.3) is 0 Å². The molecular weight excluding hydrogens is 643 g/mol. The summed E-state index contributed by atoms with van der Waals surface area (Å²) in [5.74, 6) is -2.12. The molecule has 48 heavy (non-hydrogen) atoms. The van der Waals surface area contributed by atoms with Crippen LogP contribution in [0.5, 0.6) is 5.75 Å². The number of amides is 1. The fourth-order valence-electron chi connectivity index (χ4n) is 6.75. The molecule has 5 aromatic rings. The van der Waals surface area contributed by atoms with Gasteiger partial charge in [0.1, 0.15) is 47.0 Å². The van der Waals surface area contributed by atoms with Crippen LogP contribution in [0.15, 0.2) is 42.6 Å². The van der Waals surface area contributed by atoms with Gasteiger partial charge in [-0.25, -0.2) is 23.1 Å². The van der Waals surface area contributed by atoms with Crippen molar-refractivity contribution < 1.29 is 27.4 Å². The number of carbonyl (C=O) groups is 1. The Kier molecular flexibility index (Phi) is 8.24. The van der Waals surface area contributed by atoms with E-state index in [1.807, 2.05) is 41.1 Å². The second kappa shape index (κ2) is 12.4. The van der Waals surface area contributed by atoms with Crippen molar-refractivity contribution in [3.8, 4) is 28.3 Å². The molecule has 2 atom stereocenters. The van der Waals surface area contributed by atoms with Gasteiger partial charge >= 0.3 is 0 Å². The highest BCUT2D eigenvalue weighted by molar-refractivity contribution is 7.18. The van der Waals surface area contributed by atoms with Crippen LogP contribution in [0.1, 0.15) is 43.0 Å². The van der Waals surface area contributed by atoms with Gasteiger partial charge in [-0.3, -0.25) is 9.48 Å². The van der Waals surface area contributed by atoms with E-state index in [0.29, 0.717) is 42.3 Å². The van der Waals surface area contributed by atoms with Crippen molar-refractivity contribution >= 4 is 33.1 Å². The maximum atomic E-state index is 16.1. The zero-order chi connectivity index (χ0) is 33.9. The molecule has 0 unspecified atom stereocenters. The molecular formula is C34H34F3N7O3S.